The number of amides is 1. The SMILES string of the molecule is CC(NC(=O)C(C#N)=CC=Cc1cccc(Cl)n1)c1ccccc1. The van der Waals surface area contributed by atoms with Crippen molar-refractivity contribution >= 4 is 23.6 Å². The molecule has 4 nitrogen and oxygen atoms in total. The van der Waals surface area contributed by atoms with Crippen LogP contribution >= 0.6 is 11.6 Å². The fraction of sp³-hybridized carbons (Fsp3) is 0.105. The van der Waals surface area contributed by atoms with Gasteiger partial charge in [-0.1, -0.05) is 54.1 Å². The smallest absolute Gasteiger partial charge is 0.262 e. The zero-order valence-corrected chi connectivity index (χ0v) is 13.9. The van der Waals surface area contributed by atoms with Crippen LogP contribution in [-0.2, 0) is 4.79 Å². The number of nitrogens with one attached hydrogen (secondary N) is 1. The van der Waals surface area contributed by atoms with E-state index in [-0.39, 0.29) is 11.6 Å². The van der Waals surface area contributed by atoms with Crippen LogP contribution in [0.15, 0.2) is 66.3 Å². The Morgan fingerprint density at radius 3 is 2.67 bits per heavy atom. The van der Waals surface area contributed by atoms with Crippen molar-refractivity contribution in [2.75, 3.05) is 0 Å². The van der Waals surface area contributed by atoms with E-state index in [0.29, 0.717) is 10.8 Å². The van der Waals surface area contributed by atoms with Gasteiger partial charge in [-0.05, 0) is 36.8 Å². The van der Waals surface area contributed by atoms with E-state index in [1.165, 1.54) is 6.08 Å². The molecule has 2 rings (SSSR count). The summed E-state index contributed by atoms with van der Waals surface area (Å²) in [5.74, 6) is -0.419. The number of pyridine rings is 1. The minimum atomic E-state index is -0.419. The molecule has 1 amide bonds. The number of nitrogens with zero attached hydrogens (tertiary/aromatic N) is 2. The van der Waals surface area contributed by atoms with Crippen LogP contribution < -0.4 is 5.32 Å². The largest absolute Gasteiger partial charge is 0.345 e. The van der Waals surface area contributed by atoms with Gasteiger partial charge in [-0.3, -0.25) is 4.79 Å². The van der Waals surface area contributed by atoms with Crippen LogP contribution in [0.5, 0.6) is 0 Å². The second kappa shape index (κ2) is 8.66. The molecule has 0 bridgehead atoms. The molecule has 0 fully saturated rings. The highest BCUT2D eigenvalue weighted by atomic mass is 35.5. The molecule has 0 saturated carbocycles. The molecule has 120 valence electrons. The van der Waals surface area contributed by atoms with Crippen molar-refractivity contribution in [3.63, 3.8) is 0 Å². The number of carbonyl (C=O) groups is 1. The van der Waals surface area contributed by atoms with Gasteiger partial charge < -0.3 is 5.32 Å². The first-order chi connectivity index (χ1) is 11.6. The Kier molecular flexibility index (Phi) is 6.30. The van der Waals surface area contributed by atoms with Crippen LogP contribution in [0.3, 0.4) is 0 Å². The van der Waals surface area contributed by atoms with Crippen LogP contribution in [0.1, 0.15) is 24.2 Å². The van der Waals surface area contributed by atoms with Gasteiger partial charge in [0, 0.05) is 0 Å². The minimum Gasteiger partial charge on any atom is -0.345 e. The highest BCUT2D eigenvalue weighted by molar-refractivity contribution is 6.29. The van der Waals surface area contributed by atoms with E-state index < -0.39 is 5.91 Å². The van der Waals surface area contributed by atoms with Gasteiger partial charge in [-0.25, -0.2) is 4.98 Å². The second-order valence-electron chi connectivity index (χ2n) is 5.04. The van der Waals surface area contributed by atoms with Gasteiger partial charge in [-0.15, -0.1) is 0 Å². The predicted molar refractivity (Wildman–Crippen MR) is 95.0 cm³/mol. The van der Waals surface area contributed by atoms with Crippen molar-refractivity contribution in [1.82, 2.24) is 10.3 Å². The van der Waals surface area contributed by atoms with Crippen LogP contribution in [-0.4, -0.2) is 10.9 Å². The van der Waals surface area contributed by atoms with Gasteiger partial charge in [0.2, 0.25) is 0 Å². The summed E-state index contributed by atoms with van der Waals surface area (Å²) in [6.07, 6.45) is 4.73. The van der Waals surface area contributed by atoms with Gasteiger partial charge in [0.15, 0.2) is 0 Å². The maximum Gasteiger partial charge on any atom is 0.262 e. The molecule has 0 aliphatic carbocycles. The number of nitriles is 1. The predicted octanol–water partition coefficient (Wildman–Crippen LogP) is 4.08. The normalized spacial score (nSPS) is 12.6. The Labute approximate surface area is 146 Å². The summed E-state index contributed by atoms with van der Waals surface area (Å²) >= 11 is 5.80. The fourth-order valence-electron chi connectivity index (χ4n) is 2.02. The first-order valence-corrected chi connectivity index (χ1v) is 7.75. The van der Waals surface area contributed by atoms with E-state index >= 15 is 0 Å². The third kappa shape index (κ3) is 5.08. The molecule has 0 aliphatic rings. The number of aromatic nitrogens is 1. The molecule has 5 heteroatoms. The Morgan fingerprint density at radius 2 is 2.00 bits per heavy atom. The van der Waals surface area contributed by atoms with E-state index in [4.69, 9.17) is 11.6 Å². The van der Waals surface area contributed by atoms with Crippen LogP contribution in [0.4, 0.5) is 0 Å². The molecule has 1 heterocycles. The van der Waals surface area contributed by atoms with Gasteiger partial charge in [-0.2, -0.15) is 5.26 Å². The summed E-state index contributed by atoms with van der Waals surface area (Å²) in [4.78, 5) is 16.3. The summed E-state index contributed by atoms with van der Waals surface area (Å²) in [6.45, 7) is 1.87. The maximum absolute atomic E-state index is 12.2. The number of halogens is 1. The Balaban J connectivity index is 2.04. The Morgan fingerprint density at radius 1 is 1.25 bits per heavy atom. The summed E-state index contributed by atoms with van der Waals surface area (Å²) in [7, 11) is 0. The molecule has 0 aliphatic heterocycles. The Bertz CT molecular complexity index is 807. The van der Waals surface area contributed by atoms with Crippen molar-refractivity contribution in [3.8, 4) is 6.07 Å². The molecule has 24 heavy (non-hydrogen) atoms. The molecule has 1 aromatic carbocycles. The van der Waals surface area contributed by atoms with Gasteiger partial charge in [0.1, 0.15) is 16.8 Å². The summed E-state index contributed by atoms with van der Waals surface area (Å²) in [6, 6.07) is 16.5. The third-order valence-corrected chi connectivity index (χ3v) is 3.49. The second-order valence-corrected chi connectivity index (χ2v) is 5.43. The van der Waals surface area contributed by atoms with Crippen molar-refractivity contribution < 1.29 is 4.79 Å². The highest BCUT2D eigenvalue weighted by Gasteiger charge is 2.12. The topological polar surface area (TPSA) is 65.8 Å². The lowest BCUT2D eigenvalue weighted by molar-refractivity contribution is -0.117. The maximum atomic E-state index is 12.2. The van der Waals surface area contributed by atoms with E-state index in [9.17, 15) is 10.1 Å². The van der Waals surface area contributed by atoms with Crippen LogP contribution in [0.2, 0.25) is 5.15 Å². The fourth-order valence-corrected chi connectivity index (χ4v) is 2.19. The molecular formula is C19H16ClN3O. The zero-order valence-electron chi connectivity index (χ0n) is 13.1. The van der Waals surface area contributed by atoms with Gasteiger partial charge >= 0.3 is 0 Å². The number of rotatable bonds is 5. The molecule has 1 unspecified atom stereocenters. The quantitative estimate of drug-likeness (QED) is 0.387. The van der Waals surface area contributed by atoms with Crippen LogP contribution in [0, 0.1) is 11.3 Å². The van der Waals surface area contributed by atoms with Crippen molar-refractivity contribution in [3.05, 3.63) is 82.7 Å². The molecule has 1 atom stereocenters. The summed E-state index contributed by atoms with van der Waals surface area (Å²) in [5, 5.41) is 12.4. The molecular weight excluding hydrogens is 322 g/mol. The standard InChI is InChI=1S/C19H16ClN3O/c1-14(15-7-3-2-4-8-15)22-19(24)16(13-21)9-5-10-17-11-6-12-18(20)23-17/h2-12,14H,1H3,(H,22,24). The van der Waals surface area contributed by atoms with E-state index in [2.05, 4.69) is 10.3 Å². The molecule has 2 aromatic rings. The van der Waals surface area contributed by atoms with E-state index in [0.717, 1.165) is 5.56 Å². The zero-order chi connectivity index (χ0) is 17.4. The Hall–Kier alpha value is -2.90. The molecule has 0 spiro atoms. The lowest BCUT2D eigenvalue weighted by Gasteiger charge is -2.13. The first kappa shape index (κ1) is 17.5. The summed E-state index contributed by atoms with van der Waals surface area (Å²) < 4.78 is 0. The molecule has 0 saturated heterocycles. The molecule has 0 radical (unpaired) electrons. The average molecular weight is 338 g/mol. The molecule has 1 N–H and O–H groups in total. The average Bonchev–Trinajstić information content (AvgIpc) is 2.59. The number of hydrogen-bond donors (Lipinski definition) is 1. The highest BCUT2D eigenvalue weighted by Crippen LogP contribution is 2.12. The van der Waals surface area contributed by atoms with E-state index in [1.54, 1.807) is 30.4 Å². The van der Waals surface area contributed by atoms with Crippen LogP contribution in [0.25, 0.3) is 6.08 Å². The number of hydrogen-bond acceptors (Lipinski definition) is 3. The minimum absolute atomic E-state index is 0.0241. The van der Waals surface area contributed by atoms with Gasteiger partial charge in [0.25, 0.3) is 5.91 Å². The van der Waals surface area contributed by atoms with Crippen molar-refractivity contribution in [1.29, 1.82) is 5.26 Å². The molecule has 1 aromatic heterocycles. The summed E-state index contributed by atoms with van der Waals surface area (Å²) in [5.41, 5.74) is 1.65. The number of benzene rings is 1. The first-order valence-electron chi connectivity index (χ1n) is 7.37. The number of carbonyl (C=O) groups excluding carboxylic acids is 1. The van der Waals surface area contributed by atoms with E-state index in [1.807, 2.05) is 43.3 Å². The van der Waals surface area contributed by atoms with Gasteiger partial charge in [0.05, 0.1) is 11.7 Å². The lowest BCUT2D eigenvalue weighted by Crippen LogP contribution is -2.27. The van der Waals surface area contributed by atoms with Crippen molar-refractivity contribution in [2.24, 2.45) is 0 Å². The number of allylic oxidation sites excluding steroid dienone is 2. The van der Waals surface area contributed by atoms with Crippen molar-refractivity contribution in [2.45, 2.75) is 13.0 Å². The lowest BCUT2D eigenvalue weighted by atomic mass is 10.1. The third-order valence-electron chi connectivity index (χ3n) is 3.28. The monoisotopic (exact) mass is 337 g/mol.